The van der Waals surface area contributed by atoms with Gasteiger partial charge < -0.3 is 20.5 Å². The van der Waals surface area contributed by atoms with Crippen LogP contribution in [0.25, 0.3) is 0 Å². The number of halogens is 2. The molecule has 0 heterocycles. The van der Waals surface area contributed by atoms with Gasteiger partial charge in [0, 0.05) is 22.2 Å². The van der Waals surface area contributed by atoms with E-state index in [0.29, 0.717) is 41.4 Å². The van der Waals surface area contributed by atoms with Gasteiger partial charge in [0.1, 0.15) is 19.3 Å². The van der Waals surface area contributed by atoms with E-state index in [2.05, 4.69) is 5.32 Å². The fourth-order valence-electron chi connectivity index (χ4n) is 2.47. The van der Waals surface area contributed by atoms with Crippen molar-refractivity contribution in [2.75, 3.05) is 6.54 Å². The van der Waals surface area contributed by atoms with Crippen LogP contribution in [-0.2, 0) is 27.5 Å². The molecule has 3 N–H and O–H groups in total. The number of nitrogens with two attached hydrogens (primary N) is 1. The molecule has 0 aromatic heterocycles. The second-order valence-corrected chi connectivity index (χ2v) is 7.28. The maximum atomic E-state index is 11.9. The molecular weight excluding hydrogens is 415 g/mol. The Kier molecular flexibility index (Phi) is 9.77. The Balaban J connectivity index is 1.55. The largest absolute Gasteiger partial charge is 0.460 e. The van der Waals surface area contributed by atoms with E-state index < -0.39 is 18.1 Å². The lowest BCUT2D eigenvalue weighted by molar-refractivity contribution is -0.146. The van der Waals surface area contributed by atoms with E-state index in [1.54, 1.807) is 18.2 Å². The zero-order valence-corrected chi connectivity index (χ0v) is 17.4. The van der Waals surface area contributed by atoms with Crippen molar-refractivity contribution in [2.45, 2.75) is 38.5 Å². The third kappa shape index (κ3) is 8.73. The van der Waals surface area contributed by atoms with Crippen molar-refractivity contribution < 1.29 is 19.1 Å². The topological polar surface area (TPSA) is 90.6 Å². The normalized spacial score (nSPS) is 11.6. The van der Waals surface area contributed by atoms with Gasteiger partial charge >= 0.3 is 12.1 Å². The van der Waals surface area contributed by atoms with Crippen molar-refractivity contribution in [1.82, 2.24) is 5.32 Å². The number of amides is 1. The highest BCUT2D eigenvalue weighted by atomic mass is 35.5. The van der Waals surface area contributed by atoms with E-state index >= 15 is 0 Å². The van der Waals surface area contributed by atoms with Gasteiger partial charge in [-0.15, -0.1) is 0 Å². The summed E-state index contributed by atoms with van der Waals surface area (Å²) in [5, 5.41) is 3.61. The first kappa shape index (κ1) is 23.0. The fourth-order valence-corrected chi connectivity index (χ4v) is 2.93. The summed E-state index contributed by atoms with van der Waals surface area (Å²) in [6.45, 7) is 0.678. The van der Waals surface area contributed by atoms with Crippen molar-refractivity contribution in [3.63, 3.8) is 0 Å². The second-order valence-electron chi connectivity index (χ2n) is 6.43. The van der Waals surface area contributed by atoms with E-state index in [1.165, 1.54) is 0 Å². The summed E-state index contributed by atoms with van der Waals surface area (Å²) in [4.78, 5) is 23.6. The molecule has 0 bridgehead atoms. The summed E-state index contributed by atoms with van der Waals surface area (Å²) < 4.78 is 10.3. The Morgan fingerprint density at radius 3 is 2.48 bits per heavy atom. The predicted molar refractivity (Wildman–Crippen MR) is 113 cm³/mol. The number of ether oxygens (including phenoxy) is 2. The van der Waals surface area contributed by atoms with Crippen molar-refractivity contribution >= 4 is 35.3 Å². The zero-order chi connectivity index (χ0) is 21.1. The molecule has 0 fully saturated rings. The molecule has 8 heteroatoms. The van der Waals surface area contributed by atoms with Crippen LogP contribution >= 0.6 is 23.2 Å². The standard InChI is InChI=1S/C21H24Cl2N2O4/c22-17-10-9-16(18(23)12-17)14-29-21(27)25-11-5-4-8-19(24)20(26)28-13-15-6-2-1-3-7-15/h1-3,6-7,9-10,12,19H,4-5,8,11,13-14,24H2,(H,25,27)/t19-/m0/s1. The van der Waals surface area contributed by atoms with E-state index in [-0.39, 0.29) is 13.2 Å². The highest BCUT2D eigenvalue weighted by molar-refractivity contribution is 6.35. The summed E-state index contributed by atoms with van der Waals surface area (Å²) in [7, 11) is 0. The minimum Gasteiger partial charge on any atom is -0.460 e. The third-order valence-electron chi connectivity index (χ3n) is 4.11. The average molecular weight is 439 g/mol. The van der Waals surface area contributed by atoms with Gasteiger partial charge in [0.15, 0.2) is 0 Å². The number of hydrogen-bond acceptors (Lipinski definition) is 5. The molecule has 6 nitrogen and oxygen atoms in total. The quantitative estimate of drug-likeness (QED) is 0.421. The highest BCUT2D eigenvalue weighted by Crippen LogP contribution is 2.21. The molecule has 2 aromatic rings. The Bertz CT molecular complexity index is 803. The van der Waals surface area contributed by atoms with Gasteiger partial charge in [0.2, 0.25) is 0 Å². The van der Waals surface area contributed by atoms with Crippen LogP contribution in [0.5, 0.6) is 0 Å². The number of hydrogen-bond donors (Lipinski definition) is 2. The number of nitrogens with one attached hydrogen (secondary N) is 1. The van der Waals surface area contributed by atoms with Crippen LogP contribution in [0.4, 0.5) is 4.79 Å². The molecule has 0 radical (unpaired) electrons. The molecule has 156 valence electrons. The van der Waals surface area contributed by atoms with Gasteiger partial charge in [0.25, 0.3) is 0 Å². The van der Waals surface area contributed by atoms with Gasteiger partial charge in [-0.3, -0.25) is 4.79 Å². The summed E-state index contributed by atoms with van der Waals surface area (Å²) >= 11 is 11.8. The van der Waals surface area contributed by atoms with Crippen LogP contribution in [0.1, 0.15) is 30.4 Å². The van der Waals surface area contributed by atoms with Gasteiger partial charge in [-0.1, -0.05) is 59.6 Å². The predicted octanol–water partition coefficient (Wildman–Crippen LogP) is 4.46. The molecule has 1 atom stereocenters. The molecule has 2 rings (SSSR count). The van der Waals surface area contributed by atoms with Gasteiger partial charge in [-0.05, 0) is 37.0 Å². The van der Waals surface area contributed by atoms with Crippen molar-refractivity contribution in [2.24, 2.45) is 5.73 Å². The monoisotopic (exact) mass is 438 g/mol. The molecule has 0 saturated carbocycles. The SMILES string of the molecule is N[C@@H](CCCCNC(=O)OCc1ccc(Cl)cc1Cl)C(=O)OCc1ccccc1. The molecule has 0 saturated heterocycles. The number of esters is 1. The lowest BCUT2D eigenvalue weighted by atomic mass is 10.1. The van der Waals surface area contributed by atoms with Crippen LogP contribution in [-0.4, -0.2) is 24.6 Å². The van der Waals surface area contributed by atoms with E-state index in [0.717, 1.165) is 5.56 Å². The van der Waals surface area contributed by atoms with Crippen LogP contribution in [0, 0.1) is 0 Å². The molecule has 0 aliphatic carbocycles. The van der Waals surface area contributed by atoms with Crippen LogP contribution in [0.3, 0.4) is 0 Å². The van der Waals surface area contributed by atoms with E-state index in [1.807, 2.05) is 30.3 Å². The zero-order valence-electron chi connectivity index (χ0n) is 15.9. The summed E-state index contributed by atoms with van der Waals surface area (Å²) in [6.07, 6.45) is 1.27. The lowest BCUT2D eigenvalue weighted by Crippen LogP contribution is -2.32. The van der Waals surface area contributed by atoms with Crippen LogP contribution < -0.4 is 11.1 Å². The Hall–Kier alpha value is -2.28. The number of benzene rings is 2. The summed E-state index contributed by atoms with van der Waals surface area (Å²) in [6, 6.07) is 13.7. The van der Waals surface area contributed by atoms with Crippen molar-refractivity contribution in [1.29, 1.82) is 0 Å². The number of carbonyl (C=O) groups is 2. The molecule has 1 amide bonds. The number of carbonyl (C=O) groups excluding carboxylic acids is 2. The van der Waals surface area contributed by atoms with E-state index in [9.17, 15) is 9.59 Å². The summed E-state index contributed by atoms with van der Waals surface area (Å²) in [5.74, 6) is -0.430. The maximum absolute atomic E-state index is 11.9. The van der Waals surface area contributed by atoms with Crippen LogP contribution in [0.15, 0.2) is 48.5 Å². The minimum atomic E-state index is -0.683. The first-order valence-corrected chi connectivity index (χ1v) is 10.0. The van der Waals surface area contributed by atoms with Crippen molar-refractivity contribution in [3.05, 3.63) is 69.7 Å². The Morgan fingerprint density at radius 1 is 1.00 bits per heavy atom. The Labute approximate surface area is 180 Å². The first-order chi connectivity index (χ1) is 14.0. The molecular formula is C21H24Cl2N2O4. The van der Waals surface area contributed by atoms with Crippen LogP contribution in [0.2, 0.25) is 10.0 Å². The molecule has 2 aromatic carbocycles. The molecule has 0 spiro atoms. The van der Waals surface area contributed by atoms with E-state index in [4.69, 9.17) is 38.4 Å². The summed E-state index contributed by atoms with van der Waals surface area (Å²) in [5.41, 5.74) is 7.44. The maximum Gasteiger partial charge on any atom is 0.407 e. The van der Waals surface area contributed by atoms with Gasteiger partial charge in [-0.25, -0.2) is 4.79 Å². The number of unbranched alkanes of at least 4 members (excludes halogenated alkanes) is 1. The van der Waals surface area contributed by atoms with Gasteiger partial charge in [0.05, 0.1) is 0 Å². The number of rotatable bonds is 10. The lowest BCUT2D eigenvalue weighted by Gasteiger charge is -2.12. The first-order valence-electron chi connectivity index (χ1n) is 9.26. The average Bonchev–Trinajstić information content (AvgIpc) is 2.71. The Morgan fingerprint density at radius 2 is 1.76 bits per heavy atom. The highest BCUT2D eigenvalue weighted by Gasteiger charge is 2.14. The molecule has 0 aliphatic rings. The molecule has 0 aliphatic heterocycles. The smallest absolute Gasteiger partial charge is 0.407 e. The third-order valence-corrected chi connectivity index (χ3v) is 4.70. The minimum absolute atomic E-state index is 0.0555. The molecule has 29 heavy (non-hydrogen) atoms. The van der Waals surface area contributed by atoms with Crippen molar-refractivity contribution in [3.8, 4) is 0 Å². The molecule has 0 unspecified atom stereocenters. The number of alkyl carbamates (subject to hydrolysis) is 1. The fraction of sp³-hybridized carbons (Fsp3) is 0.333. The van der Waals surface area contributed by atoms with Gasteiger partial charge in [-0.2, -0.15) is 0 Å². The second kappa shape index (κ2) is 12.3.